The van der Waals surface area contributed by atoms with Crippen molar-refractivity contribution in [3.05, 3.63) is 92.5 Å². The van der Waals surface area contributed by atoms with Crippen LogP contribution in [0.5, 0.6) is 17.2 Å². The number of nitro benzene ring substituents is 1. The van der Waals surface area contributed by atoms with Crippen LogP contribution in [0.1, 0.15) is 11.1 Å². The summed E-state index contributed by atoms with van der Waals surface area (Å²) < 4.78 is 16.4. The van der Waals surface area contributed by atoms with Crippen molar-refractivity contribution < 1.29 is 23.9 Å². The Labute approximate surface area is 206 Å². The van der Waals surface area contributed by atoms with Crippen molar-refractivity contribution in [2.75, 3.05) is 19.5 Å². The molecule has 0 unspecified atom stereocenters. The molecule has 178 valence electrons. The molecule has 10 heteroatoms. The van der Waals surface area contributed by atoms with Crippen LogP contribution in [0.15, 0.2) is 66.2 Å². The molecule has 3 aromatic carbocycles. The van der Waals surface area contributed by atoms with Crippen molar-refractivity contribution in [1.82, 2.24) is 0 Å². The fourth-order valence-electron chi connectivity index (χ4n) is 3.05. The lowest BCUT2D eigenvalue weighted by atomic mass is 10.1. The summed E-state index contributed by atoms with van der Waals surface area (Å²) in [5, 5.41) is 23.3. The van der Waals surface area contributed by atoms with Crippen molar-refractivity contribution in [3.8, 4) is 23.3 Å². The number of benzene rings is 3. The second-order valence-corrected chi connectivity index (χ2v) is 7.53. The van der Waals surface area contributed by atoms with E-state index in [1.165, 1.54) is 38.5 Å². The topological polar surface area (TPSA) is 124 Å². The van der Waals surface area contributed by atoms with Gasteiger partial charge in [0.15, 0.2) is 11.5 Å². The maximum atomic E-state index is 12.7. The van der Waals surface area contributed by atoms with Crippen LogP contribution in [0.2, 0.25) is 5.02 Å². The highest BCUT2D eigenvalue weighted by Gasteiger charge is 2.14. The number of nitrogens with zero attached hydrogens (tertiary/aromatic N) is 2. The largest absolute Gasteiger partial charge is 0.495 e. The van der Waals surface area contributed by atoms with E-state index in [0.29, 0.717) is 33.5 Å². The van der Waals surface area contributed by atoms with Gasteiger partial charge < -0.3 is 19.5 Å². The summed E-state index contributed by atoms with van der Waals surface area (Å²) in [6.45, 7) is 0.164. The molecule has 35 heavy (non-hydrogen) atoms. The number of hydrogen-bond acceptors (Lipinski definition) is 7. The zero-order chi connectivity index (χ0) is 25.4. The highest BCUT2D eigenvalue weighted by Crippen LogP contribution is 2.31. The summed E-state index contributed by atoms with van der Waals surface area (Å²) in [6.07, 6.45) is 1.41. The number of nitrogens with one attached hydrogen (secondary N) is 1. The Kier molecular flexibility index (Phi) is 8.27. The molecule has 0 radical (unpaired) electrons. The van der Waals surface area contributed by atoms with Crippen LogP contribution in [-0.4, -0.2) is 25.1 Å². The first-order chi connectivity index (χ1) is 16.8. The Morgan fingerprint density at radius 3 is 2.37 bits per heavy atom. The second kappa shape index (κ2) is 11.5. The molecule has 9 nitrogen and oxygen atoms in total. The fraction of sp³-hybridized carbons (Fsp3) is 0.120. The first kappa shape index (κ1) is 25.1. The number of methoxy groups -OCH3 is 2. The molecule has 0 atom stereocenters. The normalized spacial score (nSPS) is 10.7. The molecule has 3 rings (SSSR count). The van der Waals surface area contributed by atoms with Crippen molar-refractivity contribution in [3.63, 3.8) is 0 Å². The standard InChI is InChI=1S/C25H20ClN3O6/c1-33-22-10-6-19(26)13-21(22)28-25(30)18(14-27)11-17-5-9-23(24(12-17)34-2)35-15-16-3-7-20(8-4-16)29(31)32/h3-13H,15H2,1-2H3,(H,28,30)/b18-11+. The summed E-state index contributed by atoms with van der Waals surface area (Å²) in [6, 6.07) is 17.6. The van der Waals surface area contributed by atoms with Crippen molar-refractivity contribution >= 4 is 35.0 Å². The Balaban J connectivity index is 1.76. The Hall–Kier alpha value is -4.55. The van der Waals surface area contributed by atoms with Gasteiger partial charge >= 0.3 is 0 Å². The van der Waals surface area contributed by atoms with E-state index in [9.17, 15) is 20.2 Å². The molecule has 0 heterocycles. The SMILES string of the molecule is COc1ccc(Cl)cc1NC(=O)/C(C#N)=C/c1ccc(OCc2ccc([N+](=O)[O-])cc2)c(OC)c1. The summed E-state index contributed by atoms with van der Waals surface area (Å²) >= 11 is 5.99. The maximum Gasteiger partial charge on any atom is 0.269 e. The molecular formula is C25H20ClN3O6. The Morgan fingerprint density at radius 1 is 1.06 bits per heavy atom. The maximum absolute atomic E-state index is 12.7. The highest BCUT2D eigenvalue weighted by molar-refractivity contribution is 6.31. The Bertz CT molecular complexity index is 1320. The predicted molar refractivity (Wildman–Crippen MR) is 131 cm³/mol. The molecule has 1 N–H and O–H groups in total. The van der Waals surface area contributed by atoms with Crippen molar-refractivity contribution in [1.29, 1.82) is 5.26 Å². The summed E-state index contributed by atoms with van der Waals surface area (Å²) in [7, 11) is 2.92. The third-order valence-corrected chi connectivity index (χ3v) is 5.05. The molecule has 0 aliphatic heterocycles. The van der Waals surface area contributed by atoms with Crippen LogP contribution in [0.25, 0.3) is 6.08 Å². The van der Waals surface area contributed by atoms with E-state index in [0.717, 1.165) is 5.56 Å². The third kappa shape index (κ3) is 6.50. The molecule has 0 saturated carbocycles. The number of nitriles is 1. The molecule has 0 aromatic heterocycles. The van der Waals surface area contributed by atoms with Gasteiger partial charge in [0, 0.05) is 17.2 Å². The van der Waals surface area contributed by atoms with E-state index < -0.39 is 10.8 Å². The number of carbonyl (C=O) groups excluding carboxylic acids is 1. The van der Waals surface area contributed by atoms with E-state index >= 15 is 0 Å². The molecule has 0 bridgehead atoms. The smallest absolute Gasteiger partial charge is 0.269 e. The number of non-ortho nitro benzene ring substituents is 1. The van der Waals surface area contributed by atoms with Crippen molar-refractivity contribution in [2.45, 2.75) is 6.61 Å². The fourth-order valence-corrected chi connectivity index (χ4v) is 3.22. The van der Waals surface area contributed by atoms with E-state index in [4.69, 9.17) is 25.8 Å². The van der Waals surface area contributed by atoms with E-state index in [1.54, 1.807) is 42.5 Å². The molecule has 1 amide bonds. The lowest BCUT2D eigenvalue weighted by Gasteiger charge is -2.12. The van der Waals surface area contributed by atoms with Gasteiger partial charge in [0.05, 0.1) is 24.8 Å². The number of amides is 1. The minimum absolute atomic E-state index is 0.00592. The zero-order valence-corrected chi connectivity index (χ0v) is 19.5. The minimum atomic E-state index is -0.634. The zero-order valence-electron chi connectivity index (χ0n) is 18.8. The van der Waals surface area contributed by atoms with Gasteiger partial charge in [-0.1, -0.05) is 17.7 Å². The van der Waals surface area contributed by atoms with Crippen LogP contribution in [0, 0.1) is 21.4 Å². The minimum Gasteiger partial charge on any atom is -0.495 e. The molecule has 0 saturated heterocycles. The van der Waals surface area contributed by atoms with Crippen LogP contribution in [-0.2, 0) is 11.4 Å². The number of nitro groups is 1. The first-order valence-corrected chi connectivity index (χ1v) is 10.5. The van der Waals surface area contributed by atoms with Gasteiger partial charge in [0.25, 0.3) is 11.6 Å². The summed E-state index contributed by atoms with van der Waals surface area (Å²) in [4.78, 5) is 23.0. The van der Waals surface area contributed by atoms with Gasteiger partial charge in [0.2, 0.25) is 0 Å². The number of anilines is 1. The average molecular weight is 494 g/mol. The summed E-state index contributed by atoms with van der Waals surface area (Å²) in [5.74, 6) is 0.575. The number of hydrogen-bond donors (Lipinski definition) is 1. The van der Waals surface area contributed by atoms with E-state index in [-0.39, 0.29) is 17.9 Å². The molecule has 0 fully saturated rings. The second-order valence-electron chi connectivity index (χ2n) is 7.09. The van der Waals surface area contributed by atoms with Gasteiger partial charge in [-0.2, -0.15) is 5.26 Å². The lowest BCUT2D eigenvalue weighted by Crippen LogP contribution is -2.14. The lowest BCUT2D eigenvalue weighted by molar-refractivity contribution is -0.384. The number of carbonyl (C=O) groups is 1. The molecular weight excluding hydrogens is 474 g/mol. The summed E-state index contributed by atoms with van der Waals surface area (Å²) in [5.41, 5.74) is 1.46. The van der Waals surface area contributed by atoms with Gasteiger partial charge in [-0.05, 0) is 59.7 Å². The first-order valence-electron chi connectivity index (χ1n) is 10.2. The molecule has 3 aromatic rings. The monoisotopic (exact) mass is 493 g/mol. The van der Waals surface area contributed by atoms with Crippen LogP contribution >= 0.6 is 11.6 Å². The molecule has 0 aliphatic rings. The van der Waals surface area contributed by atoms with Gasteiger partial charge in [-0.25, -0.2) is 0 Å². The van der Waals surface area contributed by atoms with Gasteiger partial charge in [-0.15, -0.1) is 0 Å². The van der Waals surface area contributed by atoms with Crippen LogP contribution in [0.3, 0.4) is 0 Å². The molecule has 0 spiro atoms. The quantitative estimate of drug-likeness (QED) is 0.183. The predicted octanol–water partition coefficient (Wildman–Crippen LogP) is 5.39. The van der Waals surface area contributed by atoms with Crippen molar-refractivity contribution in [2.24, 2.45) is 0 Å². The highest BCUT2D eigenvalue weighted by atomic mass is 35.5. The van der Waals surface area contributed by atoms with E-state index in [1.807, 2.05) is 6.07 Å². The van der Waals surface area contributed by atoms with Gasteiger partial charge in [0.1, 0.15) is 24.0 Å². The Morgan fingerprint density at radius 2 is 1.74 bits per heavy atom. The van der Waals surface area contributed by atoms with Crippen LogP contribution < -0.4 is 19.5 Å². The molecule has 0 aliphatic carbocycles. The number of halogens is 1. The average Bonchev–Trinajstić information content (AvgIpc) is 2.86. The van der Waals surface area contributed by atoms with E-state index in [2.05, 4.69) is 5.32 Å². The number of ether oxygens (including phenoxy) is 3. The third-order valence-electron chi connectivity index (χ3n) is 4.81. The van der Waals surface area contributed by atoms with Gasteiger partial charge in [-0.3, -0.25) is 14.9 Å². The van der Waals surface area contributed by atoms with Crippen LogP contribution in [0.4, 0.5) is 11.4 Å². The number of rotatable bonds is 9.